The molecule has 346 valence electrons. The maximum absolute atomic E-state index is 13.2. The van der Waals surface area contributed by atoms with Crippen LogP contribution in [0.2, 0.25) is 5.02 Å². The molecule has 0 radical (unpaired) electrons. The lowest BCUT2D eigenvalue weighted by atomic mass is 9.85. The standard InChI is InChI=1S/C47H49ClN6O10S2/c1-47(2)22-28(23-49-32-7-4-6-31(20-32)42-40(48)41(63-25-39(57)58)43(66-42)45(60)61)13-18-53(47)65-26-27-5-3-8-33(19-27)50-38(56)24-52-16-14-29(15-17-52)30-9-10-34-36(21-30)64-46(62)54(34)35-11-12-37(55)51-44(35)59/h3-10,19-21,23,28-29,35H,11-18,22,24-26H2,1-2H3,(H,50,56)(H,57,58)(H,60,61)(H,51,55,59)/b49-23+. The van der Waals surface area contributed by atoms with E-state index < -0.39 is 36.3 Å². The van der Waals surface area contributed by atoms with Crippen molar-refractivity contribution in [3.8, 4) is 16.2 Å². The number of nitrogens with zero attached hydrogens (tertiary/aromatic N) is 4. The van der Waals surface area contributed by atoms with Crippen molar-refractivity contribution in [2.45, 2.75) is 75.6 Å². The van der Waals surface area contributed by atoms with Crippen LogP contribution in [0, 0.1) is 5.92 Å². The SMILES string of the molecule is CC1(C)CC(/C=N/c2cccc(-c3sc(C(=O)O)c(OCC(=O)O)c3Cl)c2)CCN1SCc1cccc(NC(=O)CN2CCC(c3ccc4c(c3)oc(=O)n4C3CCC(=O)NC3=O)CC2)c1. The van der Waals surface area contributed by atoms with Crippen molar-refractivity contribution in [3.05, 3.63) is 98.3 Å². The molecule has 16 nitrogen and oxygen atoms in total. The number of rotatable bonds is 15. The van der Waals surface area contributed by atoms with E-state index >= 15 is 0 Å². The molecule has 3 saturated heterocycles. The van der Waals surface area contributed by atoms with Crippen LogP contribution in [0.3, 0.4) is 0 Å². The first-order chi connectivity index (χ1) is 31.6. The van der Waals surface area contributed by atoms with Gasteiger partial charge in [-0.15, -0.1) is 11.3 Å². The van der Waals surface area contributed by atoms with Gasteiger partial charge in [0.2, 0.25) is 17.7 Å². The number of carbonyl (C=O) groups is 5. The fourth-order valence-electron chi connectivity index (χ4n) is 8.95. The highest BCUT2D eigenvalue weighted by Gasteiger charge is 2.35. The molecule has 0 spiro atoms. The highest BCUT2D eigenvalue weighted by molar-refractivity contribution is 7.96. The molecule has 5 heterocycles. The number of carboxylic acid groups (broad SMARTS) is 2. The zero-order valence-corrected chi connectivity index (χ0v) is 38.7. The fourth-order valence-corrected chi connectivity index (χ4v) is 11.5. The number of piperidine rings is 3. The summed E-state index contributed by atoms with van der Waals surface area (Å²) in [6, 6.07) is 20.1. The fraction of sp³-hybridized carbons (Fsp3) is 0.383. The molecule has 2 atom stereocenters. The quantitative estimate of drug-likeness (QED) is 0.0446. The number of oxazole rings is 1. The Bertz CT molecular complexity index is 2780. The Morgan fingerprint density at radius 1 is 1.02 bits per heavy atom. The van der Waals surface area contributed by atoms with E-state index in [2.05, 4.69) is 39.8 Å². The van der Waals surface area contributed by atoms with Gasteiger partial charge in [-0.2, -0.15) is 0 Å². The Balaban J connectivity index is 0.797. The van der Waals surface area contributed by atoms with Crippen molar-refractivity contribution in [3.63, 3.8) is 0 Å². The van der Waals surface area contributed by atoms with Crippen molar-refractivity contribution in [1.29, 1.82) is 0 Å². The lowest BCUT2D eigenvalue weighted by Gasteiger charge is -2.44. The Hall–Kier alpha value is -5.79. The van der Waals surface area contributed by atoms with Gasteiger partial charge in [0.25, 0.3) is 0 Å². The second kappa shape index (κ2) is 20.0. The van der Waals surface area contributed by atoms with Crippen LogP contribution in [0.4, 0.5) is 11.4 Å². The summed E-state index contributed by atoms with van der Waals surface area (Å²) >= 11 is 9.20. The van der Waals surface area contributed by atoms with Crippen LogP contribution < -0.4 is 21.1 Å². The number of hydrogen-bond donors (Lipinski definition) is 4. The molecule has 0 saturated carbocycles. The number of aromatic nitrogens is 1. The number of carboxylic acids is 2. The molecule has 3 aliphatic heterocycles. The number of aliphatic imine (C=N–C) groups is 1. The van der Waals surface area contributed by atoms with E-state index in [-0.39, 0.29) is 64.2 Å². The molecular formula is C47H49ClN6O10S2. The molecule has 3 aliphatic rings. The molecule has 5 aromatic rings. The first-order valence-corrected chi connectivity index (χ1v) is 23.8. The van der Waals surface area contributed by atoms with E-state index in [1.54, 1.807) is 18.0 Å². The number of likely N-dealkylation sites (tertiary alicyclic amines) is 1. The first-order valence-electron chi connectivity index (χ1n) is 21.7. The zero-order valence-electron chi connectivity index (χ0n) is 36.3. The van der Waals surface area contributed by atoms with E-state index in [1.807, 2.05) is 60.8 Å². The Morgan fingerprint density at radius 3 is 2.55 bits per heavy atom. The third-order valence-corrected chi connectivity index (χ3v) is 15.3. The lowest BCUT2D eigenvalue weighted by molar-refractivity contribution is -0.139. The Morgan fingerprint density at radius 2 is 1.80 bits per heavy atom. The van der Waals surface area contributed by atoms with Crippen molar-refractivity contribution in [1.82, 2.24) is 19.1 Å². The van der Waals surface area contributed by atoms with Crippen LogP contribution in [-0.2, 0) is 24.9 Å². The lowest BCUT2D eigenvalue weighted by Crippen LogP contribution is -2.46. The number of thiophene rings is 1. The summed E-state index contributed by atoms with van der Waals surface area (Å²) < 4.78 is 14.5. The Labute approximate surface area is 393 Å². The summed E-state index contributed by atoms with van der Waals surface area (Å²) in [7, 11) is 0. The van der Waals surface area contributed by atoms with Crippen LogP contribution in [-0.4, -0.2) is 98.2 Å². The molecule has 2 aromatic heterocycles. The number of hydrogen-bond acceptors (Lipinski definition) is 13. The Kier molecular flexibility index (Phi) is 14.1. The number of fused-ring (bicyclic) bond motifs is 1. The van der Waals surface area contributed by atoms with E-state index in [1.165, 1.54) is 4.57 Å². The minimum absolute atomic E-state index is 0.0444. The van der Waals surface area contributed by atoms with E-state index in [4.69, 9.17) is 30.9 Å². The number of aromatic carboxylic acids is 1. The van der Waals surface area contributed by atoms with E-state index in [0.717, 1.165) is 79.2 Å². The van der Waals surface area contributed by atoms with E-state index in [9.17, 15) is 33.9 Å². The third-order valence-electron chi connectivity index (χ3n) is 12.2. The normalized spacial score (nSPS) is 19.6. The topological polar surface area (TPSA) is 213 Å². The van der Waals surface area contributed by atoms with Gasteiger partial charge < -0.3 is 24.7 Å². The van der Waals surface area contributed by atoms with Crippen molar-refractivity contribution < 1.29 is 43.3 Å². The van der Waals surface area contributed by atoms with E-state index in [0.29, 0.717) is 27.2 Å². The number of nitrogens with one attached hydrogen (secondary N) is 2. The summed E-state index contributed by atoms with van der Waals surface area (Å²) in [5.41, 5.74) is 5.02. The number of amides is 3. The summed E-state index contributed by atoms with van der Waals surface area (Å²) in [6.45, 7) is 6.33. The average Bonchev–Trinajstić information content (AvgIpc) is 3.79. The van der Waals surface area contributed by atoms with Gasteiger partial charge in [0.1, 0.15) is 11.1 Å². The van der Waals surface area contributed by atoms with Gasteiger partial charge in [-0.05, 0) is 124 Å². The number of anilines is 1. The maximum Gasteiger partial charge on any atom is 0.420 e. The van der Waals surface area contributed by atoms with Crippen LogP contribution in [0.1, 0.15) is 85.1 Å². The van der Waals surface area contributed by atoms with Gasteiger partial charge in [-0.1, -0.05) is 53.9 Å². The molecule has 66 heavy (non-hydrogen) atoms. The maximum atomic E-state index is 13.2. The van der Waals surface area contributed by atoms with Gasteiger partial charge in [-0.25, -0.2) is 18.7 Å². The molecule has 0 bridgehead atoms. The average molecular weight is 958 g/mol. The smallest absolute Gasteiger partial charge is 0.420 e. The van der Waals surface area contributed by atoms with Crippen molar-refractivity contribution >= 4 is 93.2 Å². The minimum Gasteiger partial charge on any atom is -0.479 e. The predicted octanol–water partition coefficient (Wildman–Crippen LogP) is 7.98. The highest BCUT2D eigenvalue weighted by atomic mass is 35.5. The highest BCUT2D eigenvalue weighted by Crippen LogP contribution is 2.46. The molecule has 8 rings (SSSR count). The largest absolute Gasteiger partial charge is 0.479 e. The van der Waals surface area contributed by atoms with Gasteiger partial charge in [0.15, 0.2) is 22.8 Å². The number of halogens is 1. The number of ether oxygens (including phenoxy) is 1. The number of aliphatic carboxylic acids is 1. The monoisotopic (exact) mass is 956 g/mol. The molecule has 19 heteroatoms. The molecule has 3 aromatic carbocycles. The van der Waals surface area contributed by atoms with Gasteiger partial charge in [0.05, 0.1) is 22.6 Å². The molecule has 3 fully saturated rings. The summed E-state index contributed by atoms with van der Waals surface area (Å²) in [4.78, 5) is 80.2. The van der Waals surface area contributed by atoms with Crippen molar-refractivity contribution in [2.75, 3.05) is 38.1 Å². The second-order valence-electron chi connectivity index (χ2n) is 17.4. The molecule has 4 N–H and O–H groups in total. The number of benzene rings is 3. The number of carbonyl (C=O) groups excluding carboxylic acids is 3. The van der Waals surface area contributed by atoms with Crippen molar-refractivity contribution in [2.24, 2.45) is 10.9 Å². The van der Waals surface area contributed by atoms with Gasteiger partial charge in [0, 0.05) is 36.2 Å². The summed E-state index contributed by atoms with van der Waals surface area (Å²) in [6.07, 6.45) is 5.83. The summed E-state index contributed by atoms with van der Waals surface area (Å²) in [5.74, 6) is -3.03. The van der Waals surface area contributed by atoms with Gasteiger partial charge in [-0.3, -0.25) is 34.2 Å². The summed E-state index contributed by atoms with van der Waals surface area (Å²) in [5, 5.41) is 24.1. The predicted molar refractivity (Wildman–Crippen MR) is 253 cm³/mol. The second-order valence-corrected chi connectivity index (χ2v) is 19.8. The van der Waals surface area contributed by atoms with Crippen LogP contribution in [0.5, 0.6) is 5.75 Å². The molecule has 0 aliphatic carbocycles. The zero-order chi connectivity index (χ0) is 46.7. The minimum atomic E-state index is -1.26. The van der Waals surface area contributed by atoms with Crippen LogP contribution >= 0.6 is 34.9 Å². The molecular weight excluding hydrogens is 908 g/mol. The van der Waals surface area contributed by atoms with Gasteiger partial charge >= 0.3 is 17.7 Å². The number of imide groups is 1. The third kappa shape index (κ3) is 10.7. The van der Waals surface area contributed by atoms with Crippen LogP contribution in [0.15, 0.2) is 80.9 Å². The molecule has 2 unspecified atom stereocenters. The molecule has 3 amide bonds. The first kappa shape index (κ1) is 46.7. The van der Waals surface area contributed by atoms with Crippen LogP contribution in [0.25, 0.3) is 21.5 Å².